The summed E-state index contributed by atoms with van der Waals surface area (Å²) < 4.78 is 5.77. The van der Waals surface area contributed by atoms with Crippen LogP contribution >= 0.6 is 0 Å². The molecule has 0 radical (unpaired) electrons. The second-order valence-electron chi connectivity index (χ2n) is 7.67. The summed E-state index contributed by atoms with van der Waals surface area (Å²) in [4.78, 5) is 35.0. The predicted octanol–water partition coefficient (Wildman–Crippen LogP) is 3.36. The van der Waals surface area contributed by atoms with Crippen molar-refractivity contribution in [3.8, 4) is 0 Å². The average Bonchev–Trinajstić information content (AvgIpc) is 3.22. The third kappa shape index (κ3) is 4.22. The number of benzene rings is 2. The van der Waals surface area contributed by atoms with E-state index in [0.717, 1.165) is 30.6 Å². The molecule has 1 amide bonds. The Kier molecular flexibility index (Phi) is 5.45. The van der Waals surface area contributed by atoms with Crippen molar-refractivity contribution in [1.82, 2.24) is 14.9 Å². The fraction of sp³-hybridized carbons (Fsp3) is 0.348. The number of carbonyl (C=O) groups is 1. The van der Waals surface area contributed by atoms with Crippen LogP contribution in [0.15, 0.2) is 47.3 Å². The molecular weight excluding hydrogens is 366 g/mol. The van der Waals surface area contributed by atoms with E-state index in [9.17, 15) is 9.59 Å². The minimum Gasteiger partial charge on any atom is -0.376 e. The lowest BCUT2D eigenvalue weighted by Crippen LogP contribution is -2.38. The Morgan fingerprint density at radius 1 is 1.24 bits per heavy atom. The maximum absolute atomic E-state index is 13.4. The Bertz CT molecular complexity index is 1100. The number of nitrogens with one attached hydrogen (secondary N) is 1. The van der Waals surface area contributed by atoms with Crippen LogP contribution in [-0.2, 0) is 11.3 Å². The average molecular weight is 391 g/mol. The van der Waals surface area contributed by atoms with Crippen LogP contribution in [0.4, 0.5) is 0 Å². The third-order valence-electron chi connectivity index (χ3n) is 5.36. The third-order valence-corrected chi connectivity index (χ3v) is 5.36. The first-order valence-corrected chi connectivity index (χ1v) is 9.97. The highest BCUT2D eigenvalue weighted by atomic mass is 16.5. The van der Waals surface area contributed by atoms with Crippen molar-refractivity contribution in [2.45, 2.75) is 39.3 Å². The van der Waals surface area contributed by atoms with Crippen molar-refractivity contribution in [3.05, 3.63) is 75.3 Å². The van der Waals surface area contributed by atoms with E-state index in [2.05, 4.69) is 9.97 Å². The van der Waals surface area contributed by atoms with E-state index in [4.69, 9.17) is 4.74 Å². The van der Waals surface area contributed by atoms with Crippen molar-refractivity contribution < 1.29 is 9.53 Å². The molecule has 150 valence electrons. The summed E-state index contributed by atoms with van der Waals surface area (Å²) >= 11 is 0. The van der Waals surface area contributed by atoms with Gasteiger partial charge in [-0.15, -0.1) is 0 Å². The lowest BCUT2D eigenvalue weighted by molar-refractivity contribution is 0.0500. The van der Waals surface area contributed by atoms with Crippen molar-refractivity contribution in [1.29, 1.82) is 0 Å². The van der Waals surface area contributed by atoms with Gasteiger partial charge >= 0.3 is 0 Å². The van der Waals surface area contributed by atoms with Crippen molar-refractivity contribution in [2.75, 3.05) is 13.2 Å². The topological polar surface area (TPSA) is 75.3 Å². The predicted molar refractivity (Wildman–Crippen MR) is 112 cm³/mol. The maximum Gasteiger partial charge on any atom is 0.258 e. The lowest BCUT2D eigenvalue weighted by Gasteiger charge is -2.26. The Hall–Kier alpha value is -2.99. The molecule has 1 aromatic heterocycles. The second-order valence-corrected chi connectivity index (χ2v) is 7.67. The Morgan fingerprint density at radius 3 is 2.86 bits per heavy atom. The van der Waals surface area contributed by atoms with Gasteiger partial charge in [0.2, 0.25) is 0 Å². The molecule has 1 atom stereocenters. The van der Waals surface area contributed by atoms with Gasteiger partial charge in [-0.25, -0.2) is 4.98 Å². The van der Waals surface area contributed by atoms with E-state index >= 15 is 0 Å². The highest BCUT2D eigenvalue weighted by Crippen LogP contribution is 2.19. The number of fused-ring (bicyclic) bond motifs is 1. The summed E-state index contributed by atoms with van der Waals surface area (Å²) in [5.41, 5.74) is 3.07. The van der Waals surface area contributed by atoms with E-state index in [1.165, 1.54) is 0 Å². The zero-order valence-corrected chi connectivity index (χ0v) is 16.8. The SMILES string of the molecule is Cc1ccc(C)c(C(=O)N(Cc2nc3ccccc3c(=O)[nH]2)CC2CCCO2)c1. The van der Waals surface area contributed by atoms with Gasteiger partial charge in [-0.2, -0.15) is 0 Å². The lowest BCUT2D eigenvalue weighted by atomic mass is 10.0. The molecule has 1 N–H and O–H groups in total. The zero-order chi connectivity index (χ0) is 20.4. The second kappa shape index (κ2) is 8.17. The molecule has 4 rings (SSSR count). The van der Waals surface area contributed by atoms with Crippen LogP contribution in [0, 0.1) is 13.8 Å². The van der Waals surface area contributed by atoms with Crippen LogP contribution in [0.25, 0.3) is 10.9 Å². The van der Waals surface area contributed by atoms with E-state index in [1.54, 1.807) is 11.0 Å². The van der Waals surface area contributed by atoms with Gasteiger partial charge in [0.1, 0.15) is 5.82 Å². The number of H-pyrrole nitrogens is 1. The van der Waals surface area contributed by atoms with Gasteiger partial charge in [0.25, 0.3) is 11.5 Å². The zero-order valence-electron chi connectivity index (χ0n) is 16.8. The fourth-order valence-corrected chi connectivity index (χ4v) is 3.78. The molecule has 3 aromatic rings. The first kappa shape index (κ1) is 19.3. The van der Waals surface area contributed by atoms with E-state index in [0.29, 0.717) is 28.8 Å². The quantitative estimate of drug-likeness (QED) is 0.724. The van der Waals surface area contributed by atoms with Crippen molar-refractivity contribution in [2.24, 2.45) is 0 Å². The van der Waals surface area contributed by atoms with Gasteiger partial charge in [-0.1, -0.05) is 29.8 Å². The molecule has 2 heterocycles. The molecule has 1 aliphatic heterocycles. The molecule has 29 heavy (non-hydrogen) atoms. The fourth-order valence-electron chi connectivity index (χ4n) is 3.78. The van der Waals surface area contributed by atoms with Crippen LogP contribution in [0.2, 0.25) is 0 Å². The number of rotatable bonds is 5. The number of hydrogen-bond donors (Lipinski definition) is 1. The standard InChI is InChI=1S/C23H25N3O3/c1-15-9-10-16(2)19(12-15)23(28)26(13-17-6-5-11-29-17)14-21-24-20-8-4-3-7-18(20)22(27)25-21/h3-4,7-10,12,17H,5-6,11,13-14H2,1-2H3,(H,24,25,27). The highest BCUT2D eigenvalue weighted by Gasteiger charge is 2.25. The van der Waals surface area contributed by atoms with Crippen LogP contribution in [0.1, 0.15) is 40.2 Å². The number of para-hydroxylation sites is 1. The van der Waals surface area contributed by atoms with Crippen molar-refractivity contribution >= 4 is 16.8 Å². The van der Waals surface area contributed by atoms with Gasteiger partial charge in [0, 0.05) is 18.7 Å². The van der Waals surface area contributed by atoms with Crippen LogP contribution in [0.5, 0.6) is 0 Å². The minimum absolute atomic E-state index is 0.0104. The molecule has 1 unspecified atom stereocenters. The number of nitrogens with zero attached hydrogens (tertiary/aromatic N) is 2. The summed E-state index contributed by atoms with van der Waals surface area (Å²) in [6, 6.07) is 13.1. The Labute approximate surface area is 169 Å². The largest absolute Gasteiger partial charge is 0.376 e. The molecule has 1 saturated heterocycles. The first-order valence-electron chi connectivity index (χ1n) is 9.97. The van der Waals surface area contributed by atoms with Gasteiger partial charge in [0.05, 0.1) is 23.6 Å². The molecule has 0 spiro atoms. The Morgan fingerprint density at radius 2 is 2.07 bits per heavy atom. The van der Waals surface area contributed by atoms with Gasteiger partial charge in [0.15, 0.2) is 0 Å². The molecule has 0 bridgehead atoms. The monoisotopic (exact) mass is 391 g/mol. The first-order chi connectivity index (χ1) is 14.0. The number of ether oxygens (including phenoxy) is 1. The van der Waals surface area contributed by atoms with Crippen LogP contribution in [0.3, 0.4) is 0 Å². The van der Waals surface area contributed by atoms with Crippen LogP contribution in [-0.4, -0.2) is 40.0 Å². The summed E-state index contributed by atoms with van der Waals surface area (Å²) in [5, 5.41) is 0.544. The number of carbonyl (C=O) groups excluding carboxylic acids is 1. The molecule has 2 aromatic carbocycles. The molecule has 0 aliphatic carbocycles. The number of hydrogen-bond acceptors (Lipinski definition) is 4. The van der Waals surface area contributed by atoms with E-state index in [1.807, 2.05) is 50.2 Å². The maximum atomic E-state index is 13.4. The van der Waals surface area contributed by atoms with Gasteiger partial charge in [-0.3, -0.25) is 9.59 Å². The smallest absolute Gasteiger partial charge is 0.258 e. The summed E-state index contributed by atoms with van der Waals surface area (Å²) in [6.45, 7) is 5.34. The molecule has 6 heteroatoms. The minimum atomic E-state index is -0.193. The number of amides is 1. The summed E-state index contributed by atoms with van der Waals surface area (Å²) in [7, 11) is 0. The number of aryl methyl sites for hydroxylation is 2. The molecule has 0 saturated carbocycles. The molecule has 6 nitrogen and oxygen atoms in total. The summed E-state index contributed by atoms with van der Waals surface area (Å²) in [5.74, 6) is 0.405. The van der Waals surface area contributed by atoms with Gasteiger partial charge in [-0.05, 0) is 50.5 Å². The molecular formula is C23H25N3O3. The van der Waals surface area contributed by atoms with Crippen molar-refractivity contribution in [3.63, 3.8) is 0 Å². The normalized spacial score (nSPS) is 16.3. The Balaban J connectivity index is 1.68. The summed E-state index contributed by atoms with van der Waals surface area (Å²) in [6.07, 6.45) is 1.94. The van der Waals surface area contributed by atoms with Gasteiger partial charge < -0.3 is 14.6 Å². The molecule has 1 aliphatic rings. The van der Waals surface area contributed by atoms with E-state index in [-0.39, 0.29) is 24.1 Å². The number of aromatic nitrogens is 2. The van der Waals surface area contributed by atoms with Crippen LogP contribution < -0.4 is 5.56 Å². The van der Waals surface area contributed by atoms with E-state index < -0.39 is 0 Å². The highest BCUT2D eigenvalue weighted by molar-refractivity contribution is 5.95. The number of aromatic amines is 1. The molecule has 1 fully saturated rings.